The standard InChI is InChI=1S/C18H13ClF3NO2/c19-16-11-13(8-9-15(16)18(20,21)22)7-4-10-23-17(24)25-12-14-5-2-1-3-6-14/h1-3,5-6,8-9,11H,10,12H2,(H,23,24). The fourth-order valence-electron chi connectivity index (χ4n) is 1.86. The Morgan fingerprint density at radius 2 is 1.88 bits per heavy atom. The number of hydrogen-bond donors (Lipinski definition) is 1. The van der Waals surface area contributed by atoms with Gasteiger partial charge in [-0.05, 0) is 23.8 Å². The molecule has 0 aliphatic carbocycles. The summed E-state index contributed by atoms with van der Waals surface area (Å²) in [5.74, 6) is 5.24. The molecule has 7 heteroatoms. The number of rotatable bonds is 3. The molecule has 2 aromatic carbocycles. The monoisotopic (exact) mass is 367 g/mol. The molecule has 0 spiro atoms. The molecule has 130 valence electrons. The molecule has 3 nitrogen and oxygen atoms in total. The normalized spacial score (nSPS) is 10.6. The van der Waals surface area contributed by atoms with E-state index in [4.69, 9.17) is 16.3 Å². The second kappa shape index (κ2) is 8.45. The van der Waals surface area contributed by atoms with E-state index in [9.17, 15) is 18.0 Å². The summed E-state index contributed by atoms with van der Waals surface area (Å²) in [5.41, 5.74) is 0.253. The summed E-state index contributed by atoms with van der Waals surface area (Å²) in [6, 6.07) is 12.4. The Kier molecular flexibility index (Phi) is 6.31. The van der Waals surface area contributed by atoms with Gasteiger partial charge in [0, 0.05) is 5.56 Å². The molecule has 0 fully saturated rings. The maximum Gasteiger partial charge on any atom is 0.417 e. The average molecular weight is 368 g/mol. The van der Waals surface area contributed by atoms with E-state index in [0.29, 0.717) is 5.56 Å². The smallest absolute Gasteiger partial charge is 0.417 e. The van der Waals surface area contributed by atoms with Crippen LogP contribution < -0.4 is 5.32 Å². The van der Waals surface area contributed by atoms with Gasteiger partial charge in [-0.3, -0.25) is 0 Å². The first-order valence-electron chi connectivity index (χ1n) is 7.16. The number of carbonyl (C=O) groups excluding carboxylic acids is 1. The number of hydrogen-bond acceptors (Lipinski definition) is 2. The number of ether oxygens (including phenoxy) is 1. The number of nitrogens with one attached hydrogen (secondary N) is 1. The van der Waals surface area contributed by atoms with Crippen LogP contribution in [0, 0.1) is 11.8 Å². The van der Waals surface area contributed by atoms with Crippen molar-refractivity contribution >= 4 is 17.7 Å². The molecular formula is C18H13ClF3NO2. The lowest BCUT2D eigenvalue weighted by molar-refractivity contribution is -0.137. The zero-order valence-electron chi connectivity index (χ0n) is 12.9. The highest BCUT2D eigenvalue weighted by Crippen LogP contribution is 2.34. The number of amides is 1. The van der Waals surface area contributed by atoms with Gasteiger partial charge in [-0.2, -0.15) is 13.2 Å². The molecule has 2 aromatic rings. The molecule has 0 saturated carbocycles. The maximum atomic E-state index is 12.6. The third kappa shape index (κ3) is 6.05. The Bertz CT molecular complexity index is 795. The Hall–Kier alpha value is -2.65. The first kappa shape index (κ1) is 18.7. The van der Waals surface area contributed by atoms with Crippen molar-refractivity contribution in [1.29, 1.82) is 0 Å². The van der Waals surface area contributed by atoms with Gasteiger partial charge in [-0.25, -0.2) is 4.79 Å². The summed E-state index contributed by atoms with van der Waals surface area (Å²) in [7, 11) is 0. The molecule has 0 aliphatic heterocycles. The topological polar surface area (TPSA) is 38.3 Å². The summed E-state index contributed by atoms with van der Waals surface area (Å²) in [5, 5.41) is 2.00. The Labute approximate surface area is 147 Å². The fraction of sp³-hybridized carbons (Fsp3) is 0.167. The van der Waals surface area contributed by atoms with E-state index in [1.807, 2.05) is 30.3 Å². The van der Waals surface area contributed by atoms with E-state index in [1.165, 1.54) is 6.07 Å². The lowest BCUT2D eigenvalue weighted by Crippen LogP contribution is -2.24. The molecule has 0 heterocycles. The molecule has 0 bridgehead atoms. The van der Waals surface area contributed by atoms with Crippen LogP contribution in [0.5, 0.6) is 0 Å². The van der Waals surface area contributed by atoms with Crippen molar-refractivity contribution < 1.29 is 22.7 Å². The highest BCUT2D eigenvalue weighted by molar-refractivity contribution is 6.31. The predicted molar refractivity (Wildman–Crippen MR) is 88.0 cm³/mol. The van der Waals surface area contributed by atoms with Crippen LogP contribution in [0.2, 0.25) is 5.02 Å². The molecule has 0 saturated heterocycles. The van der Waals surface area contributed by atoms with E-state index in [2.05, 4.69) is 17.2 Å². The lowest BCUT2D eigenvalue weighted by Gasteiger charge is -2.08. The Balaban J connectivity index is 1.82. The van der Waals surface area contributed by atoms with Crippen LogP contribution in [0.15, 0.2) is 48.5 Å². The number of halogens is 4. The van der Waals surface area contributed by atoms with Crippen molar-refractivity contribution in [2.75, 3.05) is 6.54 Å². The minimum absolute atomic E-state index is 0.00767. The van der Waals surface area contributed by atoms with Gasteiger partial charge in [0.25, 0.3) is 0 Å². The molecule has 2 rings (SSSR count). The summed E-state index contributed by atoms with van der Waals surface area (Å²) in [4.78, 5) is 11.5. The van der Waals surface area contributed by atoms with Gasteiger partial charge in [0.05, 0.1) is 17.1 Å². The van der Waals surface area contributed by atoms with Gasteiger partial charge in [0.15, 0.2) is 0 Å². The molecule has 25 heavy (non-hydrogen) atoms. The SMILES string of the molecule is O=C(NCC#Cc1ccc(C(F)(F)F)c(Cl)c1)OCc1ccccc1. The number of alkyl halides is 3. The largest absolute Gasteiger partial charge is 0.445 e. The van der Waals surface area contributed by atoms with Crippen molar-refractivity contribution in [2.24, 2.45) is 0 Å². The highest BCUT2D eigenvalue weighted by Gasteiger charge is 2.32. The number of carbonyl (C=O) groups is 1. The lowest BCUT2D eigenvalue weighted by atomic mass is 10.1. The molecule has 0 unspecified atom stereocenters. The molecule has 0 aromatic heterocycles. The Morgan fingerprint density at radius 3 is 2.52 bits per heavy atom. The summed E-state index contributed by atoms with van der Waals surface area (Å²) in [6.07, 6.45) is -5.14. The molecule has 0 atom stereocenters. The summed E-state index contributed by atoms with van der Waals surface area (Å²) >= 11 is 5.60. The van der Waals surface area contributed by atoms with Crippen LogP contribution in [-0.2, 0) is 17.5 Å². The molecule has 0 aliphatic rings. The van der Waals surface area contributed by atoms with Gasteiger partial charge in [-0.15, -0.1) is 0 Å². The van der Waals surface area contributed by atoms with Crippen molar-refractivity contribution in [3.8, 4) is 11.8 Å². The van der Waals surface area contributed by atoms with E-state index >= 15 is 0 Å². The quantitative estimate of drug-likeness (QED) is 0.803. The first-order chi connectivity index (χ1) is 11.9. The predicted octanol–water partition coefficient (Wildman–Crippen LogP) is 4.64. The van der Waals surface area contributed by atoms with E-state index in [1.54, 1.807) is 0 Å². The third-order valence-electron chi connectivity index (χ3n) is 3.04. The molecule has 1 N–H and O–H groups in total. The minimum Gasteiger partial charge on any atom is -0.445 e. The number of benzene rings is 2. The summed E-state index contributed by atoms with van der Waals surface area (Å²) in [6.45, 7) is 0.126. The minimum atomic E-state index is -4.51. The second-order valence-corrected chi connectivity index (χ2v) is 5.32. The molecular weight excluding hydrogens is 355 g/mol. The van der Waals surface area contributed by atoms with Gasteiger partial charge >= 0.3 is 12.3 Å². The van der Waals surface area contributed by atoms with Crippen LogP contribution >= 0.6 is 11.6 Å². The Morgan fingerprint density at radius 1 is 1.16 bits per heavy atom. The van der Waals surface area contributed by atoms with Crippen molar-refractivity contribution in [3.63, 3.8) is 0 Å². The van der Waals surface area contributed by atoms with Gasteiger partial charge in [0.1, 0.15) is 6.61 Å². The fourth-order valence-corrected chi connectivity index (χ4v) is 2.15. The second-order valence-electron chi connectivity index (χ2n) is 4.91. The van der Waals surface area contributed by atoms with Crippen molar-refractivity contribution in [3.05, 3.63) is 70.2 Å². The zero-order chi connectivity index (χ0) is 18.3. The number of alkyl carbamates (subject to hydrolysis) is 1. The average Bonchev–Trinajstić information content (AvgIpc) is 2.57. The van der Waals surface area contributed by atoms with Gasteiger partial charge in [0.2, 0.25) is 0 Å². The third-order valence-corrected chi connectivity index (χ3v) is 3.35. The summed E-state index contributed by atoms with van der Waals surface area (Å²) < 4.78 is 42.8. The van der Waals surface area contributed by atoms with Gasteiger partial charge < -0.3 is 10.1 Å². The highest BCUT2D eigenvalue weighted by atomic mass is 35.5. The van der Waals surface area contributed by atoms with Gasteiger partial charge in [-0.1, -0.05) is 53.8 Å². The van der Waals surface area contributed by atoms with Crippen molar-refractivity contribution in [1.82, 2.24) is 5.32 Å². The van der Waals surface area contributed by atoms with Crippen LogP contribution in [0.1, 0.15) is 16.7 Å². The van der Waals surface area contributed by atoms with E-state index in [-0.39, 0.29) is 13.2 Å². The molecule has 1 amide bonds. The molecule has 0 radical (unpaired) electrons. The van der Waals surface area contributed by atoms with Crippen LogP contribution in [0.25, 0.3) is 0 Å². The van der Waals surface area contributed by atoms with Crippen LogP contribution in [0.4, 0.5) is 18.0 Å². The zero-order valence-corrected chi connectivity index (χ0v) is 13.6. The van der Waals surface area contributed by atoms with E-state index < -0.39 is 22.9 Å². The van der Waals surface area contributed by atoms with Crippen molar-refractivity contribution in [2.45, 2.75) is 12.8 Å². The van der Waals surface area contributed by atoms with Crippen LogP contribution in [-0.4, -0.2) is 12.6 Å². The maximum absolute atomic E-state index is 12.6. The van der Waals surface area contributed by atoms with E-state index in [0.717, 1.165) is 17.7 Å². The van der Waals surface area contributed by atoms with Crippen LogP contribution in [0.3, 0.4) is 0 Å². The first-order valence-corrected chi connectivity index (χ1v) is 7.54.